The molecule has 3 aromatic carbocycles. The zero-order valence-corrected chi connectivity index (χ0v) is 22.3. The summed E-state index contributed by atoms with van der Waals surface area (Å²) in [5.74, 6) is -0.0514. The fraction of sp³-hybridized carbons (Fsp3) is 0.233. The van der Waals surface area contributed by atoms with E-state index in [-0.39, 0.29) is 23.8 Å². The number of nitrogens with zero attached hydrogens (tertiary/aromatic N) is 3. The average Bonchev–Trinajstić information content (AvgIpc) is 3.28. The Kier molecular flexibility index (Phi) is 7.79. The van der Waals surface area contributed by atoms with Crippen LogP contribution in [-0.4, -0.2) is 33.0 Å². The van der Waals surface area contributed by atoms with Crippen LogP contribution in [0.15, 0.2) is 84.9 Å². The maximum Gasteiger partial charge on any atom is 0.254 e. The molecule has 7 heteroatoms. The Morgan fingerprint density at radius 1 is 0.946 bits per heavy atom. The Hall–Kier alpha value is -3.90. The number of hydrogen-bond acceptors (Lipinski definition) is 3. The van der Waals surface area contributed by atoms with Crippen LogP contribution in [0.5, 0.6) is 0 Å². The van der Waals surface area contributed by atoms with E-state index in [4.69, 9.17) is 16.7 Å². The van der Waals surface area contributed by atoms with Gasteiger partial charge in [-0.25, -0.2) is 4.68 Å². The van der Waals surface area contributed by atoms with Gasteiger partial charge in [-0.1, -0.05) is 92.5 Å². The van der Waals surface area contributed by atoms with Gasteiger partial charge < -0.3 is 10.2 Å². The monoisotopic (exact) mass is 514 g/mol. The number of nitrogens with one attached hydrogen (secondary N) is 1. The summed E-state index contributed by atoms with van der Waals surface area (Å²) < 4.78 is 1.64. The third-order valence-corrected chi connectivity index (χ3v) is 6.28. The molecular weight excluding hydrogens is 484 g/mol. The number of benzene rings is 3. The van der Waals surface area contributed by atoms with Crippen molar-refractivity contribution in [3.63, 3.8) is 0 Å². The highest BCUT2D eigenvalue weighted by atomic mass is 35.5. The number of carbonyl (C=O) groups excluding carboxylic acids is 2. The minimum Gasteiger partial charge on any atom is -0.325 e. The number of anilines is 1. The number of carbonyl (C=O) groups is 2. The van der Waals surface area contributed by atoms with Crippen molar-refractivity contribution >= 4 is 29.2 Å². The molecule has 1 aromatic heterocycles. The molecule has 0 unspecified atom stereocenters. The standard InChI is InChI=1S/C30H31ClN4O2/c1-21-14-16-23(17-15-21)29(37)34(19-22-10-6-5-7-11-22)20-28(36)32-27-18-26(30(2,3)4)33-35(27)25-13-9-8-12-24(25)31/h5-18H,19-20H2,1-4H3,(H,32,36). The van der Waals surface area contributed by atoms with E-state index in [0.717, 1.165) is 16.8 Å². The van der Waals surface area contributed by atoms with E-state index < -0.39 is 0 Å². The maximum absolute atomic E-state index is 13.4. The number of amides is 2. The van der Waals surface area contributed by atoms with Crippen molar-refractivity contribution in [1.29, 1.82) is 0 Å². The molecule has 1 N–H and O–H groups in total. The van der Waals surface area contributed by atoms with E-state index in [2.05, 4.69) is 26.1 Å². The van der Waals surface area contributed by atoms with E-state index >= 15 is 0 Å². The molecule has 0 aliphatic carbocycles. The summed E-state index contributed by atoms with van der Waals surface area (Å²) in [7, 11) is 0. The minimum atomic E-state index is -0.329. The van der Waals surface area contributed by atoms with Gasteiger partial charge in [-0.3, -0.25) is 9.59 Å². The van der Waals surface area contributed by atoms with Gasteiger partial charge in [0.1, 0.15) is 12.4 Å². The number of aryl methyl sites for hydroxylation is 1. The van der Waals surface area contributed by atoms with Crippen molar-refractivity contribution < 1.29 is 9.59 Å². The summed E-state index contributed by atoms with van der Waals surface area (Å²) in [5.41, 5.74) is 3.75. The number of para-hydroxylation sites is 1. The number of aromatic nitrogens is 2. The van der Waals surface area contributed by atoms with Crippen molar-refractivity contribution in [3.05, 3.63) is 112 Å². The summed E-state index contributed by atoms with van der Waals surface area (Å²) in [5, 5.41) is 8.23. The van der Waals surface area contributed by atoms with Crippen LogP contribution in [0, 0.1) is 6.92 Å². The van der Waals surface area contributed by atoms with Gasteiger partial charge in [0.25, 0.3) is 5.91 Å². The van der Waals surface area contributed by atoms with Crippen molar-refractivity contribution in [3.8, 4) is 5.69 Å². The van der Waals surface area contributed by atoms with E-state index in [0.29, 0.717) is 28.6 Å². The molecule has 0 aliphatic rings. The molecule has 0 saturated heterocycles. The zero-order chi connectivity index (χ0) is 26.6. The molecule has 1 heterocycles. The van der Waals surface area contributed by atoms with Crippen LogP contribution in [0.3, 0.4) is 0 Å². The maximum atomic E-state index is 13.4. The summed E-state index contributed by atoms with van der Waals surface area (Å²) in [6, 6.07) is 26.2. The third-order valence-electron chi connectivity index (χ3n) is 5.96. The first-order valence-corrected chi connectivity index (χ1v) is 12.5. The summed E-state index contributed by atoms with van der Waals surface area (Å²) in [4.78, 5) is 28.3. The first kappa shape index (κ1) is 26.2. The van der Waals surface area contributed by atoms with Gasteiger partial charge in [0, 0.05) is 23.6 Å². The minimum absolute atomic E-state index is 0.125. The molecule has 0 atom stereocenters. The first-order chi connectivity index (χ1) is 17.6. The van der Waals surface area contributed by atoms with Crippen LogP contribution in [0.2, 0.25) is 5.02 Å². The van der Waals surface area contributed by atoms with Crippen LogP contribution >= 0.6 is 11.6 Å². The van der Waals surface area contributed by atoms with E-state index in [1.807, 2.05) is 73.7 Å². The van der Waals surface area contributed by atoms with Gasteiger partial charge in [-0.05, 0) is 36.8 Å². The summed E-state index contributed by atoms with van der Waals surface area (Å²) in [6.07, 6.45) is 0. The average molecular weight is 515 g/mol. The van der Waals surface area contributed by atoms with Crippen LogP contribution in [-0.2, 0) is 16.8 Å². The summed E-state index contributed by atoms with van der Waals surface area (Å²) >= 11 is 6.46. The quantitative estimate of drug-likeness (QED) is 0.310. The topological polar surface area (TPSA) is 67.2 Å². The summed E-state index contributed by atoms with van der Waals surface area (Å²) in [6.45, 7) is 8.31. The van der Waals surface area contributed by atoms with Crippen LogP contribution in [0.4, 0.5) is 5.82 Å². The van der Waals surface area contributed by atoms with E-state index in [9.17, 15) is 9.59 Å². The molecule has 0 radical (unpaired) electrons. The Balaban J connectivity index is 1.62. The van der Waals surface area contributed by atoms with Gasteiger partial charge in [0.2, 0.25) is 5.91 Å². The molecule has 6 nitrogen and oxygen atoms in total. The molecule has 0 saturated carbocycles. The molecule has 4 rings (SSSR count). The van der Waals surface area contributed by atoms with Crippen LogP contribution < -0.4 is 5.32 Å². The lowest BCUT2D eigenvalue weighted by Crippen LogP contribution is -2.37. The smallest absolute Gasteiger partial charge is 0.254 e. The highest BCUT2D eigenvalue weighted by molar-refractivity contribution is 6.32. The van der Waals surface area contributed by atoms with Gasteiger partial charge in [-0.2, -0.15) is 5.10 Å². The van der Waals surface area contributed by atoms with Gasteiger partial charge in [0.15, 0.2) is 0 Å². The molecule has 0 spiro atoms. The van der Waals surface area contributed by atoms with Crippen LogP contribution in [0.25, 0.3) is 5.69 Å². The van der Waals surface area contributed by atoms with Crippen LogP contribution in [0.1, 0.15) is 48.0 Å². The Bertz CT molecular complexity index is 1390. The Labute approximate surface area is 222 Å². The SMILES string of the molecule is Cc1ccc(C(=O)N(CC(=O)Nc2cc(C(C)(C)C)nn2-c2ccccc2Cl)Cc2ccccc2)cc1. The molecule has 0 bridgehead atoms. The zero-order valence-electron chi connectivity index (χ0n) is 21.5. The second-order valence-electron chi connectivity index (χ2n) is 10.1. The van der Waals surface area contributed by atoms with Crippen molar-refractivity contribution in [2.24, 2.45) is 0 Å². The number of hydrogen-bond donors (Lipinski definition) is 1. The van der Waals surface area contributed by atoms with Crippen molar-refractivity contribution in [2.75, 3.05) is 11.9 Å². The van der Waals surface area contributed by atoms with Gasteiger partial charge in [-0.15, -0.1) is 0 Å². The largest absolute Gasteiger partial charge is 0.325 e. The third kappa shape index (κ3) is 6.46. The van der Waals surface area contributed by atoms with Gasteiger partial charge in [0.05, 0.1) is 16.4 Å². The molecule has 0 fully saturated rings. The molecule has 190 valence electrons. The normalized spacial score (nSPS) is 11.3. The Morgan fingerprint density at radius 2 is 1.59 bits per heavy atom. The molecule has 0 aliphatic heterocycles. The molecule has 37 heavy (non-hydrogen) atoms. The fourth-order valence-electron chi connectivity index (χ4n) is 3.88. The lowest BCUT2D eigenvalue weighted by Gasteiger charge is -2.23. The van der Waals surface area contributed by atoms with E-state index in [1.165, 1.54) is 0 Å². The molecule has 2 amide bonds. The molecule has 4 aromatic rings. The van der Waals surface area contributed by atoms with Crippen molar-refractivity contribution in [1.82, 2.24) is 14.7 Å². The number of halogens is 1. The second kappa shape index (κ2) is 11.0. The predicted molar refractivity (Wildman–Crippen MR) is 148 cm³/mol. The van der Waals surface area contributed by atoms with Crippen molar-refractivity contribution in [2.45, 2.75) is 39.7 Å². The highest BCUT2D eigenvalue weighted by Crippen LogP contribution is 2.29. The lowest BCUT2D eigenvalue weighted by atomic mass is 9.92. The first-order valence-electron chi connectivity index (χ1n) is 12.2. The highest BCUT2D eigenvalue weighted by Gasteiger charge is 2.24. The van der Waals surface area contributed by atoms with E-state index in [1.54, 1.807) is 27.8 Å². The molecular formula is C30H31ClN4O2. The van der Waals surface area contributed by atoms with Gasteiger partial charge >= 0.3 is 0 Å². The predicted octanol–water partition coefficient (Wildman–Crippen LogP) is 6.41. The Morgan fingerprint density at radius 3 is 2.24 bits per heavy atom. The fourth-order valence-corrected chi connectivity index (χ4v) is 4.10. The lowest BCUT2D eigenvalue weighted by molar-refractivity contribution is -0.117. The number of rotatable bonds is 7. The second-order valence-corrected chi connectivity index (χ2v) is 10.5.